The van der Waals surface area contributed by atoms with E-state index in [4.69, 9.17) is 0 Å². The molecular weight excluding hydrogens is 286 g/mol. The van der Waals surface area contributed by atoms with Crippen molar-refractivity contribution in [1.29, 1.82) is 0 Å². The first kappa shape index (κ1) is 12.2. The molecule has 5 heteroatoms. The molecule has 1 aromatic rings. The van der Waals surface area contributed by atoms with Gasteiger partial charge in [0.1, 0.15) is 0 Å². The Kier molecular flexibility index (Phi) is 3.57. The SMILES string of the molecule is O=C(NCC(Br)C1CC1)c1cccc(O)c1O. The Morgan fingerprint density at radius 1 is 1.47 bits per heavy atom. The number of alkyl halides is 1. The lowest BCUT2D eigenvalue weighted by Crippen LogP contribution is -2.30. The highest BCUT2D eigenvalue weighted by Gasteiger charge is 2.29. The third kappa shape index (κ3) is 2.91. The van der Waals surface area contributed by atoms with Gasteiger partial charge in [-0.2, -0.15) is 0 Å². The molecule has 0 spiro atoms. The van der Waals surface area contributed by atoms with Crippen LogP contribution in [0, 0.1) is 5.92 Å². The van der Waals surface area contributed by atoms with Crippen molar-refractivity contribution >= 4 is 21.8 Å². The summed E-state index contributed by atoms with van der Waals surface area (Å²) >= 11 is 3.51. The molecule has 1 unspecified atom stereocenters. The summed E-state index contributed by atoms with van der Waals surface area (Å²) in [6, 6.07) is 4.34. The van der Waals surface area contributed by atoms with Gasteiger partial charge in [-0.1, -0.05) is 22.0 Å². The van der Waals surface area contributed by atoms with Gasteiger partial charge in [0.05, 0.1) is 5.56 Å². The van der Waals surface area contributed by atoms with Crippen molar-refractivity contribution in [1.82, 2.24) is 5.32 Å². The Balaban J connectivity index is 1.96. The number of rotatable bonds is 4. The summed E-state index contributed by atoms with van der Waals surface area (Å²) in [5.41, 5.74) is 0.0977. The number of amides is 1. The normalized spacial score (nSPS) is 16.5. The molecule has 4 nitrogen and oxygen atoms in total. The van der Waals surface area contributed by atoms with E-state index in [1.54, 1.807) is 0 Å². The fourth-order valence-corrected chi connectivity index (χ4v) is 2.32. The lowest BCUT2D eigenvalue weighted by Gasteiger charge is -2.11. The van der Waals surface area contributed by atoms with Gasteiger partial charge in [0, 0.05) is 11.4 Å². The summed E-state index contributed by atoms with van der Waals surface area (Å²) in [5, 5.41) is 21.5. The monoisotopic (exact) mass is 299 g/mol. The summed E-state index contributed by atoms with van der Waals surface area (Å²) < 4.78 is 0. The van der Waals surface area contributed by atoms with E-state index >= 15 is 0 Å². The number of para-hydroxylation sites is 1. The molecule has 1 aliphatic carbocycles. The van der Waals surface area contributed by atoms with E-state index in [2.05, 4.69) is 21.2 Å². The number of aromatic hydroxyl groups is 2. The number of benzene rings is 1. The molecule has 1 fully saturated rings. The summed E-state index contributed by atoms with van der Waals surface area (Å²) in [4.78, 5) is 12.0. The Morgan fingerprint density at radius 3 is 2.82 bits per heavy atom. The van der Waals surface area contributed by atoms with Crippen molar-refractivity contribution in [3.63, 3.8) is 0 Å². The molecule has 0 bridgehead atoms. The van der Waals surface area contributed by atoms with Crippen molar-refractivity contribution < 1.29 is 15.0 Å². The molecule has 17 heavy (non-hydrogen) atoms. The number of hydrogen-bond acceptors (Lipinski definition) is 3. The van der Waals surface area contributed by atoms with Gasteiger partial charge >= 0.3 is 0 Å². The van der Waals surface area contributed by atoms with Gasteiger partial charge in [0.25, 0.3) is 5.91 Å². The minimum absolute atomic E-state index is 0.0977. The summed E-state index contributed by atoms with van der Waals surface area (Å²) in [6.07, 6.45) is 2.40. The van der Waals surface area contributed by atoms with Crippen LogP contribution in [0.2, 0.25) is 0 Å². The van der Waals surface area contributed by atoms with E-state index in [1.165, 1.54) is 31.0 Å². The quantitative estimate of drug-likeness (QED) is 0.588. The van der Waals surface area contributed by atoms with E-state index < -0.39 is 0 Å². The number of carbonyl (C=O) groups excluding carboxylic acids is 1. The van der Waals surface area contributed by atoms with Gasteiger partial charge in [-0.25, -0.2) is 0 Å². The fraction of sp³-hybridized carbons (Fsp3) is 0.417. The van der Waals surface area contributed by atoms with Crippen molar-refractivity contribution in [2.24, 2.45) is 5.92 Å². The molecule has 1 aliphatic rings. The van der Waals surface area contributed by atoms with E-state index in [9.17, 15) is 15.0 Å². The lowest BCUT2D eigenvalue weighted by molar-refractivity contribution is 0.0950. The highest BCUT2D eigenvalue weighted by Crippen LogP contribution is 2.36. The molecule has 0 heterocycles. The first-order valence-corrected chi connectivity index (χ1v) is 6.44. The summed E-state index contributed by atoms with van der Waals surface area (Å²) in [6.45, 7) is 0.526. The zero-order chi connectivity index (χ0) is 12.4. The van der Waals surface area contributed by atoms with E-state index in [0.717, 1.165) is 0 Å². The van der Waals surface area contributed by atoms with Crippen molar-refractivity contribution in [3.05, 3.63) is 23.8 Å². The van der Waals surface area contributed by atoms with Gasteiger partial charge in [0.2, 0.25) is 0 Å². The van der Waals surface area contributed by atoms with Crippen LogP contribution in [0.4, 0.5) is 0 Å². The van der Waals surface area contributed by atoms with Crippen LogP contribution >= 0.6 is 15.9 Å². The fourth-order valence-electron chi connectivity index (χ4n) is 1.62. The van der Waals surface area contributed by atoms with E-state index in [-0.39, 0.29) is 27.8 Å². The van der Waals surface area contributed by atoms with Crippen LogP contribution in [-0.4, -0.2) is 27.5 Å². The molecule has 0 saturated heterocycles. The topological polar surface area (TPSA) is 69.6 Å². The molecule has 3 N–H and O–H groups in total. The number of carbonyl (C=O) groups is 1. The third-order valence-electron chi connectivity index (χ3n) is 2.85. The van der Waals surface area contributed by atoms with E-state index in [1.807, 2.05) is 0 Å². The summed E-state index contributed by atoms with van der Waals surface area (Å²) in [5.74, 6) is -0.380. The number of phenolic OH excluding ortho intramolecular Hbond substituents is 2. The maximum atomic E-state index is 11.8. The maximum Gasteiger partial charge on any atom is 0.255 e. The Bertz CT molecular complexity index is 432. The van der Waals surface area contributed by atoms with Crippen LogP contribution in [-0.2, 0) is 0 Å². The van der Waals surface area contributed by atoms with Crippen molar-refractivity contribution in [3.8, 4) is 11.5 Å². The van der Waals surface area contributed by atoms with E-state index in [0.29, 0.717) is 12.5 Å². The molecule has 0 radical (unpaired) electrons. The highest BCUT2D eigenvalue weighted by atomic mass is 79.9. The number of nitrogens with one attached hydrogen (secondary N) is 1. The molecule has 2 rings (SSSR count). The average molecular weight is 300 g/mol. The van der Waals surface area contributed by atoms with Gasteiger partial charge in [-0.05, 0) is 30.9 Å². The van der Waals surface area contributed by atoms with Gasteiger partial charge < -0.3 is 15.5 Å². The van der Waals surface area contributed by atoms with Gasteiger partial charge in [-0.3, -0.25) is 4.79 Å². The molecule has 0 aliphatic heterocycles. The molecule has 1 atom stereocenters. The van der Waals surface area contributed by atoms with Crippen molar-refractivity contribution in [2.45, 2.75) is 17.7 Å². The third-order valence-corrected chi connectivity index (χ3v) is 3.92. The standard InChI is InChI=1S/C12H14BrNO3/c13-9(7-4-5-7)6-14-12(17)8-2-1-3-10(15)11(8)16/h1-3,7,9,15-16H,4-6H2,(H,14,17). The second kappa shape index (κ2) is 4.96. The Morgan fingerprint density at radius 2 is 2.18 bits per heavy atom. The Labute approximate surface area is 108 Å². The predicted octanol–water partition coefficient (Wildman–Crippen LogP) is 2.00. The summed E-state index contributed by atoms with van der Waals surface area (Å²) in [7, 11) is 0. The van der Waals surface area contributed by atoms with Crippen LogP contribution in [0.5, 0.6) is 11.5 Å². The van der Waals surface area contributed by atoms with Crippen LogP contribution in [0.1, 0.15) is 23.2 Å². The number of hydrogen-bond donors (Lipinski definition) is 3. The minimum Gasteiger partial charge on any atom is -0.504 e. The first-order chi connectivity index (χ1) is 8.09. The largest absolute Gasteiger partial charge is 0.504 e. The molecular formula is C12H14BrNO3. The van der Waals surface area contributed by atoms with Crippen molar-refractivity contribution in [2.75, 3.05) is 6.54 Å². The van der Waals surface area contributed by atoms with Gasteiger partial charge in [0.15, 0.2) is 11.5 Å². The zero-order valence-electron chi connectivity index (χ0n) is 9.19. The molecule has 1 aromatic carbocycles. The number of halogens is 1. The number of phenols is 2. The van der Waals surface area contributed by atoms with Gasteiger partial charge in [-0.15, -0.1) is 0 Å². The minimum atomic E-state index is -0.373. The molecule has 1 saturated carbocycles. The highest BCUT2D eigenvalue weighted by molar-refractivity contribution is 9.09. The first-order valence-electron chi connectivity index (χ1n) is 5.53. The second-order valence-corrected chi connectivity index (χ2v) is 5.41. The van der Waals surface area contributed by atoms with Crippen LogP contribution in [0.25, 0.3) is 0 Å². The predicted molar refractivity (Wildman–Crippen MR) is 67.5 cm³/mol. The van der Waals surface area contributed by atoms with Crippen LogP contribution in [0.15, 0.2) is 18.2 Å². The average Bonchev–Trinajstić information content (AvgIpc) is 3.13. The molecule has 0 aromatic heterocycles. The molecule has 1 amide bonds. The molecule has 92 valence electrons. The lowest BCUT2D eigenvalue weighted by atomic mass is 10.1. The Hall–Kier alpha value is -1.23. The smallest absolute Gasteiger partial charge is 0.255 e. The zero-order valence-corrected chi connectivity index (χ0v) is 10.8. The second-order valence-electron chi connectivity index (χ2n) is 4.24. The van der Waals surface area contributed by atoms with Crippen LogP contribution < -0.4 is 5.32 Å². The maximum absolute atomic E-state index is 11.8. The van der Waals surface area contributed by atoms with Crippen LogP contribution in [0.3, 0.4) is 0 Å².